The number of nitrogens with zero attached hydrogens (tertiary/aromatic N) is 2. The average Bonchev–Trinajstić information content (AvgIpc) is 2.68. The van der Waals surface area contributed by atoms with E-state index in [4.69, 9.17) is 4.74 Å². The molecule has 0 bridgehead atoms. The van der Waals surface area contributed by atoms with Crippen molar-refractivity contribution in [3.63, 3.8) is 0 Å². The molecule has 1 saturated heterocycles. The van der Waals surface area contributed by atoms with Gasteiger partial charge in [-0.3, -0.25) is 4.79 Å². The Bertz CT molecular complexity index is 547. The predicted molar refractivity (Wildman–Crippen MR) is 102 cm³/mol. The van der Waals surface area contributed by atoms with E-state index in [-0.39, 0.29) is 0 Å². The molecule has 0 radical (unpaired) electrons. The molecule has 1 aromatic rings. The highest BCUT2D eigenvalue weighted by Crippen LogP contribution is 2.30. The van der Waals surface area contributed by atoms with Crippen molar-refractivity contribution in [1.29, 1.82) is 0 Å². The monoisotopic (exact) mass is 344 g/mol. The number of carbonyl (C=O) groups excluding carboxylic acids is 1. The Morgan fingerprint density at radius 1 is 1.08 bits per heavy atom. The Morgan fingerprint density at radius 3 is 2.52 bits per heavy atom. The first kappa shape index (κ1) is 18.1. The van der Waals surface area contributed by atoms with Crippen LogP contribution in [0, 0.1) is 5.92 Å². The molecule has 1 aromatic carbocycles. The molecule has 0 atom stereocenters. The Balaban J connectivity index is 1.47. The summed E-state index contributed by atoms with van der Waals surface area (Å²) < 4.78 is 5.75. The molecule has 1 aliphatic heterocycles. The fourth-order valence-corrected chi connectivity index (χ4v) is 4.15. The number of para-hydroxylation sites is 2. The summed E-state index contributed by atoms with van der Waals surface area (Å²) in [5.74, 6) is 2.09. The lowest BCUT2D eigenvalue weighted by molar-refractivity contribution is -0.131. The summed E-state index contributed by atoms with van der Waals surface area (Å²) >= 11 is 0. The number of rotatable bonds is 6. The first-order chi connectivity index (χ1) is 12.3. The topological polar surface area (TPSA) is 32.8 Å². The van der Waals surface area contributed by atoms with E-state index in [9.17, 15) is 4.79 Å². The number of hydrogen-bond acceptors (Lipinski definition) is 3. The second-order valence-corrected chi connectivity index (χ2v) is 7.31. The standard InChI is InChI=1S/C21H32N2O2/c1-2-25-20-11-7-6-10-19(20)22-14-16-23(17-15-22)21(24)13-12-18-8-4-3-5-9-18/h6-7,10-11,18H,2-5,8-9,12-17H2,1H3. The van der Waals surface area contributed by atoms with Crippen molar-refractivity contribution in [3.05, 3.63) is 24.3 Å². The smallest absolute Gasteiger partial charge is 0.222 e. The van der Waals surface area contributed by atoms with Gasteiger partial charge in [-0.05, 0) is 31.4 Å². The molecule has 3 rings (SSSR count). The lowest BCUT2D eigenvalue weighted by atomic mass is 9.86. The lowest BCUT2D eigenvalue weighted by Gasteiger charge is -2.37. The lowest BCUT2D eigenvalue weighted by Crippen LogP contribution is -2.48. The van der Waals surface area contributed by atoms with Gasteiger partial charge in [0, 0.05) is 32.6 Å². The van der Waals surface area contributed by atoms with Crippen LogP contribution in [0.2, 0.25) is 0 Å². The number of benzene rings is 1. The highest BCUT2D eigenvalue weighted by molar-refractivity contribution is 5.76. The summed E-state index contributed by atoms with van der Waals surface area (Å²) in [6.07, 6.45) is 8.58. The van der Waals surface area contributed by atoms with E-state index in [1.54, 1.807) is 0 Å². The van der Waals surface area contributed by atoms with Gasteiger partial charge in [0.1, 0.15) is 5.75 Å². The SMILES string of the molecule is CCOc1ccccc1N1CCN(C(=O)CCC2CCCCC2)CC1. The fourth-order valence-electron chi connectivity index (χ4n) is 4.15. The van der Waals surface area contributed by atoms with Crippen molar-refractivity contribution < 1.29 is 9.53 Å². The van der Waals surface area contributed by atoms with Gasteiger partial charge in [0.25, 0.3) is 0 Å². The average molecular weight is 344 g/mol. The second kappa shape index (κ2) is 9.12. The van der Waals surface area contributed by atoms with Crippen molar-refractivity contribution in [3.8, 4) is 5.75 Å². The molecule has 0 unspecified atom stereocenters. The van der Waals surface area contributed by atoms with E-state index in [0.29, 0.717) is 12.5 Å². The normalized spacial score (nSPS) is 19.1. The molecule has 4 heteroatoms. The van der Waals surface area contributed by atoms with Crippen LogP contribution in [0.1, 0.15) is 51.9 Å². The predicted octanol–water partition coefficient (Wildman–Crippen LogP) is 4.09. The number of hydrogen-bond donors (Lipinski definition) is 0. The maximum atomic E-state index is 12.5. The third kappa shape index (κ3) is 4.90. The number of piperazine rings is 1. The van der Waals surface area contributed by atoms with Crippen molar-refractivity contribution in [2.24, 2.45) is 5.92 Å². The largest absolute Gasteiger partial charge is 0.492 e. The number of carbonyl (C=O) groups is 1. The van der Waals surface area contributed by atoms with E-state index >= 15 is 0 Å². The maximum Gasteiger partial charge on any atom is 0.222 e. The van der Waals surface area contributed by atoms with Gasteiger partial charge in [-0.15, -0.1) is 0 Å². The maximum absolute atomic E-state index is 12.5. The van der Waals surface area contributed by atoms with Crippen LogP contribution in [0.5, 0.6) is 5.75 Å². The molecule has 138 valence electrons. The zero-order valence-electron chi connectivity index (χ0n) is 15.6. The first-order valence-electron chi connectivity index (χ1n) is 10.0. The molecule has 1 heterocycles. The first-order valence-corrected chi connectivity index (χ1v) is 10.0. The molecule has 0 aromatic heterocycles. The molecule has 25 heavy (non-hydrogen) atoms. The minimum atomic E-state index is 0.350. The molecule has 4 nitrogen and oxygen atoms in total. The Morgan fingerprint density at radius 2 is 1.80 bits per heavy atom. The number of ether oxygens (including phenoxy) is 1. The van der Waals surface area contributed by atoms with E-state index in [1.807, 2.05) is 19.1 Å². The van der Waals surface area contributed by atoms with Gasteiger partial charge in [0.15, 0.2) is 0 Å². The highest BCUT2D eigenvalue weighted by atomic mass is 16.5. The quantitative estimate of drug-likeness (QED) is 0.779. The second-order valence-electron chi connectivity index (χ2n) is 7.31. The van der Waals surface area contributed by atoms with Gasteiger partial charge < -0.3 is 14.5 Å². The van der Waals surface area contributed by atoms with E-state index < -0.39 is 0 Å². The van der Waals surface area contributed by atoms with Crippen LogP contribution < -0.4 is 9.64 Å². The molecule has 1 amide bonds. The van der Waals surface area contributed by atoms with Gasteiger partial charge in [-0.2, -0.15) is 0 Å². The number of anilines is 1. The van der Waals surface area contributed by atoms with Crippen LogP contribution in [0.4, 0.5) is 5.69 Å². The van der Waals surface area contributed by atoms with Gasteiger partial charge in [-0.1, -0.05) is 44.2 Å². The fraction of sp³-hybridized carbons (Fsp3) is 0.667. The van der Waals surface area contributed by atoms with Crippen molar-refractivity contribution in [2.45, 2.75) is 51.9 Å². The van der Waals surface area contributed by atoms with Crippen LogP contribution >= 0.6 is 0 Å². The molecule has 2 fully saturated rings. The summed E-state index contributed by atoms with van der Waals surface area (Å²) in [7, 11) is 0. The van der Waals surface area contributed by atoms with Crippen molar-refractivity contribution in [1.82, 2.24) is 4.90 Å². The summed E-state index contributed by atoms with van der Waals surface area (Å²) in [6, 6.07) is 8.21. The van der Waals surface area contributed by atoms with Crippen LogP contribution in [0.3, 0.4) is 0 Å². The highest BCUT2D eigenvalue weighted by Gasteiger charge is 2.23. The Hall–Kier alpha value is -1.71. The molecule has 0 spiro atoms. The minimum absolute atomic E-state index is 0.350. The van der Waals surface area contributed by atoms with Gasteiger partial charge >= 0.3 is 0 Å². The van der Waals surface area contributed by atoms with Gasteiger partial charge in [0.2, 0.25) is 5.91 Å². The summed E-state index contributed by atoms with van der Waals surface area (Å²) in [6.45, 7) is 6.11. The minimum Gasteiger partial charge on any atom is -0.492 e. The summed E-state index contributed by atoms with van der Waals surface area (Å²) in [5, 5.41) is 0. The van der Waals surface area contributed by atoms with Crippen LogP contribution in [-0.2, 0) is 4.79 Å². The summed E-state index contributed by atoms with van der Waals surface area (Å²) in [5.41, 5.74) is 1.15. The van der Waals surface area contributed by atoms with Crippen LogP contribution in [0.25, 0.3) is 0 Å². The van der Waals surface area contributed by atoms with Crippen molar-refractivity contribution >= 4 is 11.6 Å². The van der Waals surface area contributed by atoms with Crippen LogP contribution in [0.15, 0.2) is 24.3 Å². The van der Waals surface area contributed by atoms with Gasteiger partial charge in [-0.25, -0.2) is 0 Å². The molecule has 1 saturated carbocycles. The molecular formula is C21H32N2O2. The molecule has 1 aliphatic carbocycles. The van der Waals surface area contributed by atoms with E-state index in [0.717, 1.165) is 56.4 Å². The zero-order valence-corrected chi connectivity index (χ0v) is 15.6. The summed E-state index contributed by atoms with van der Waals surface area (Å²) in [4.78, 5) is 16.9. The molecule has 2 aliphatic rings. The zero-order chi connectivity index (χ0) is 17.5. The van der Waals surface area contributed by atoms with Gasteiger partial charge in [0.05, 0.1) is 12.3 Å². The third-order valence-corrected chi connectivity index (χ3v) is 5.63. The Labute approximate surface area is 152 Å². The Kier molecular flexibility index (Phi) is 6.60. The third-order valence-electron chi connectivity index (χ3n) is 5.63. The molecular weight excluding hydrogens is 312 g/mol. The number of amides is 1. The molecule has 0 N–H and O–H groups in total. The van der Waals surface area contributed by atoms with E-state index in [1.165, 1.54) is 32.1 Å². The van der Waals surface area contributed by atoms with E-state index in [2.05, 4.69) is 21.9 Å². The van der Waals surface area contributed by atoms with Crippen LogP contribution in [-0.4, -0.2) is 43.6 Å². The van der Waals surface area contributed by atoms with Crippen molar-refractivity contribution in [2.75, 3.05) is 37.7 Å².